The second-order valence-corrected chi connectivity index (χ2v) is 5.27. The summed E-state index contributed by atoms with van der Waals surface area (Å²) in [7, 11) is 0. The molecule has 0 saturated heterocycles. The number of nitrogens with two attached hydrogens (primary N) is 1. The van der Waals surface area contributed by atoms with E-state index in [1.807, 2.05) is 0 Å². The van der Waals surface area contributed by atoms with Crippen molar-refractivity contribution in [3.8, 4) is 0 Å². The van der Waals surface area contributed by atoms with Crippen molar-refractivity contribution >= 4 is 28.9 Å². The molecule has 14 heavy (non-hydrogen) atoms. The van der Waals surface area contributed by atoms with Gasteiger partial charge >= 0.3 is 5.97 Å². The monoisotopic (exact) mass is 231 g/mol. The van der Waals surface area contributed by atoms with Crippen molar-refractivity contribution in [2.24, 2.45) is 11.7 Å². The van der Waals surface area contributed by atoms with Crippen LogP contribution in [-0.4, -0.2) is 11.1 Å². The van der Waals surface area contributed by atoms with E-state index in [9.17, 15) is 4.79 Å². The summed E-state index contributed by atoms with van der Waals surface area (Å²) in [6, 6.07) is 3.40. The lowest BCUT2D eigenvalue weighted by molar-refractivity contribution is -0.144. The highest BCUT2D eigenvalue weighted by molar-refractivity contribution is 7.16. The standard InChI is InChI=1S/C9H10ClNO2S/c10-7-4-3-6(14-7)9(11,8(12)13)5-1-2-5/h3-5H,1-2,11H2,(H,12,13). The molecule has 1 fully saturated rings. The van der Waals surface area contributed by atoms with E-state index < -0.39 is 11.5 Å². The average Bonchev–Trinajstić information content (AvgIpc) is 2.88. The first-order valence-electron chi connectivity index (χ1n) is 4.33. The highest BCUT2D eigenvalue weighted by Crippen LogP contribution is 2.46. The zero-order valence-corrected chi connectivity index (χ0v) is 8.94. The van der Waals surface area contributed by atoms with Crippen LogP contribution in [0.4, 0.5) is 0 Å². The summed E-state index contributed by atoms with van der Waals surface area (Å²) in [5, 5.41) is 9.14. The highest BCUT2D eigenvalue weighted by Gasteiger charge is 2.50. The Hall–Kier alpha value is -0.580. The van der Waals surface area contributed by atoms with Crippen LogP contribution in [0.1, 0.15) is 17.7 Å². The van der Waals surface area contributed by atoms with Crippen molar-refractivity contribution in [3.05, 3.63) is 21.3 Å². The molecule has 1 aromatic heterocycles. The number of aliphatic carboxylic acids is 1. The van der Waals surface area contributed by atoms with Crippen LogP contribution in [0.2, 0.25) is 4.34 Å². The summed E-state index contributed by atoms with van der Waals surface area (Å²) >= 11 is 7.02. The smallest absolute Gasteiger partial charge is 0.329 e. The van der Waals surface area contributed by atoms with E-state index in [1.165, 1.54) is 11.3 Å². The van der Waals surface area contributed by atoms with Gasteiger partial charge in [0.25, 0.3) is 0 Å². The summed E-state index contributed by atoms with van der Waals surface area (Å²) < 4.78 is 0.580. The molecule has 0 amide bonds. The fourth-order valence-corrected chi connectivity index (χ4v) is 2.77. The third kappa shape index (κ3) is 1.43. The number of thiophene rings is 1. The molecule has 1 aliphatic rings. The summed E-state index contributed by atoms with van der Waals surface area (Å²) in [4.78, 5) is 11.8. The number of halogens is 1. The molecule has 0 radical (unpaired) electrons. The number of carboxylic acids is 1. The fourth-order valence-electron chi connectivity index (χ4n) is 1.56. The van der Waals surface area contributed by atoms with Gasteiger partial charge in [-0.2, -0.15) is 0 Å². The molecule has 1 aromatic rings. The van der Waals surface area contributed by atoms with Crippen LogP contribution in [0.25, 0.3) is 0 Å². The van der Waals surface area contributed by atoms with Crippen molar-refractivity contribution in [1.29, 1.82) is 0 Å². The number of carbonyl (C=O) groups is 1. The second kappa shape index (κ2) is 3.22. The SMILES string of the molecule is NC(C(=O)O)(c1ccc(Cl)s1)C1CC1. The predicted octanol–water partition coefficient (Wildman–Crippen LogP) is 2.05. The van der Waals surface area contributed by atoms with Gasteiger partial charge in [-0.15, -0.1) is 11.3 Å². The number of hydrogen-bond donors (Lipinski definition) is 2. The Kier molecular flexibility index (Phi) is 2.29. The maximum absolute atomic E-state index is 11.2. The Bertz CT molecular complexity index is 375. The molecule has 1 saturated carbocycles. The van der Waals surface area contributed by atoms with Gasteiger partial charge in [0.1, 0.15) is 0 Å². The van der Waals surface area contributed by atoms with Crippen LogP contribution in [0.15, 0.2) is 12.1 Å². The second-order valence-electron chi connectivity index (χ2n) is 3.55. The third-order valence-electron chi connectivity index (χ3n) is 2.56. The molecule has 1 unspecified atom stereocenters. The van der Waals surface area contributed by atoms with Gasteiger partial charge < -0.3 is 10.8 Å². The van der Waals surface area contributed by atoms with Crippen LogP contribution in [0.5, 0.6) is 0 Å². The highest BCUT2D eigenvalue weighted by atomic mass is 35.5. The Morgan fingerprint density at radius 1 is 1.64 bits per heavy atom. The minimum absolute atomic E-state index is 0.0646. The van der Waals surface area contributed by atoms with Crippen LogP contribution in [-0.2, 0) is 10.3 Å². The Labute approximate surface area is 90.5 Å². The molecule has 3 N–H and O–H groups in total. The molecule has 76 valence electrons. The summed E-state index contributed by atoms with van der Waals surface area (Å²) in [6.45, 7) is 0. The maximum Gasteiger partial charge on any atom is 0.329 e. The number of rotatable bonds is 3. The van der Waals surface area contributed by atoms with Gasteiger partial charge in [0.05, 0.1) is 4.34 Å². The van der Waals surface area contributed by atoms with Gasteiger partial charge in [0, 0.05) is 4.88 Å². The first-order valence-corrected chi connectivity index (χ1v) is 5.52. The van der Waals surface area contributed by atoms with E-state index in [1.54, 1.807) is 12.1 Å². The van der Waals surface area contributed by atoms with Crippen LogP contribution in [0, 0.1) is 5.92 Å². The molecule has 0 aliphatic heterocycles. The van der Waals surface area contributed by atoms with Crippen molar-refractivity contribution in [1.82, 2.24) is 0 Å². The van der Waals surface area contributed by atoms with E-state index in [0.717, 1.165) is 12.8 Å². The molecule has 3 nitrogen and oxygen atoms in total. The molecular formula is C9H10ClNO2S. The van der Waals surface area contributed by atoms with Gasteiger partial charge in [-0.05, 0) is 30.9 Å². The Morgan fingerprint density at radius 3 is 2.64 bits per heavy atom. The lowest BCUT2D eigenvalue weighted by Crippen LogP contribution is -2.46. The summed E-state index contributed by atoms with van der Waals surface area (Å²) in [5.74, 6) is -0.895. The molecule has 1 atom stereocenters. The van der Waals surface area contributed by atoms with Crippen LogP contribution < -0.4 is 5.73 Å². The molecular weight excluding hydrogens is 222 g/mol. The molecule has 0 spiro atoms. The van der Waals surface area contributed by atoms with E-state index in [2.05, 4.69) is 0 Å². The average molecular weight is 232 g/mol. The molecule has 1 heterocycles. The van der Waals surface area contributed by atoms with Crippen molar-refractivity contribution in [2.75, 3.05) is 0 Å². The Morgan fingerprint density at radius 2 is 2.29 bits per heavy atom. The van der Waals surface area contributed by atoms with E-state index in [0.29, 0.717) is 9.21 Å². The van der Waals surface area contributed by atoms with Crippen molar-refractivity contribution in [3.63, 3.8) is 0 Å². The minimum Gasteiger partial charge on any atom is -0.480 e. The van der Waals surface area contributed by atoms with Gasteiger partial charge in [-0.1, -0.05) is 11.6 Å². The van der Waals surface area contributed by atoms with Crippen LogP contribution >= 0.6 is 22.9 Å². The number of hydrogen-bond acceptors (Lipinski definition) is 3. The van der Waals surface area contributed by atoms with Gasteiger partial charge in [0.15, 0.2) is 5.54 Å². The first kappa shape index (κ1) is 9.96. The first-order chi connectivity index (χ1) is 6.55. The zero-order chi connectivity index (χ0) is 10.3. The van der Waals surface area contributed by atoms with Gasteiger partial charge in [0.2, 0.25) is 0 Å². The molecule has 5 heteroatoms. The topological polar surface area (TPSA) is 63.3 Å². The van der Waals surface area contributed by atoms with E-state index in [4.69, 9.17) is 22.4 Å². The van der Waals surface area contributed by atoms with E-state index in [-0.39, 0.29) is 5.92 Å². The molecule has 2 rings (SSSR count). The number of carboxylic acid groups (broad SMARTS) is 1. The van der Waals surface area contributed by atoms with Crippen molar-refractivity contribution in [2.45, 2.75) is 18.4 Å². The van der Waals surface area contributed by atoms with Crippen LogP contribution in [0.3, 0.4) is 0 Å². The maximum atomic E-state index is 11.2. The minimum atomic E-state index is -1.22. The lowest BCUT2D eigenvalue weighted by Gasteiger charge is -2.22. The van der Waals surface area contributed by atoms with Gasteiger partial charge in [-0.3, -0.25) is 0 Å². The zero-order valence-electron chi connectivity index (χ0n) is 7.37. The molecule has 1 aliphatic carbocycles. The van der Waals surface area contributed by atoms with Gasteiger partial charge in [-0.25, -0.2) is 4.79 Å². The predicted molar refractivity (Wildman–Crippen MR) is 55.6 cm³/mol. The normalized spacial score (nSPS) is 20.4. The largest absolute Gasteiger partial charge is 0.480 e. The van der Waals surface area contributed by atoms with E-state index >= 15 is 0 Å². The van der Waals surface area contributed by atoms with Crippen molar-refractivity contribution < 1.29 is 9.90 Å². The fraction of sp³-hybridized carbons (Fsp3) is 0.444. The Balaban J connectivity index is 2.40. The lowest BCUT2D eigenvalue weighted by atomic mass is 9.93. The third-order valence-corrected chi connectivity index (χ3v) is 3.94. The summed E-state index contributed by atoms with van der Waals surface area (Å²) in [6.07, 6.45) is 1.77. The summed E-state index contributed by atoms with van der Waals surface area (Å²) in [5.41, 5.74) is 4.71. The molecule has 0 aromatic carbocycles. The molecule has 0 bridgehead atoms. The quantitative estimate of drug-likeness (QED) is 0.837.